The van der Waals surface area contributed by atoms with E-state index in [9.17, 15) is 4.39 Å². The molecule has 4 rings (SSSR count). The van der Waals surface area contributed by atoms with Crippen LogP contribution in [0.2, 0.25) is 0 Å². The van der Waals surface area contributed by atoms with Gasteiger partial charge in [0.2, 0.25) is 0 Å². The molecule has 0 aliphatic carbocycles. The Hall–Kier alpha value is -2.28. The van der Waals surface area contributed by atoms with Crippen LogP contribution in [0.15, 0.2) is 30.9 Å². The smallest absolute Gasteiger partial charge is 0.151 e. The molecule has 6 nitrogen and oxygen atoms in total. The Morgan fingerprint density at radius 2 is 2.30 bits per heavy atom. The number of rotatable bonds is 4. The molecule has 3 heterocycles. The molecule has 120 valence electrons. The van der Waals surface area contributed by atoms with Gasteiger partial charge in [-0.05, 0) is 37.4 Å². The predicted octanol–water partition coefficient (Wildman–Crippen LogP) is 2.21. The predicted molar refractivity (Wildman–Crippen MR) is 84.1 cm³/mol. The molecule has 1 N–H and O–H groups in total. The monoisotopic (exact) mass is 314 g/mol. The Morgan fingerprint density at radius 1 is 1.35 bits per heavy atom. The summed E-state index contributed by atoms with van der Waals surface area (Å²) in [5.41, 5.74) is 1.19. The van der Waals surface area contributed by atoms with Crippen LogP contribution in [0, 0.1) is 11.7 Å². The molecule has 1 unspecified atom stereocenters. The van der Waals surface area contributed by atoms with Crippen LogP contribution in [-0.2, 0) is 13.1 Å². The van der Waals surface area contributed by atoms with Crippen LogP contribution in [0.4, 0.5) is 4.39 Å². The van der Waals surface area contributed by atoms with Crippen molar-refractivity contribution in [1.82, 2.24) is 29.6 Å². The minimum Gasteiger partial charge on any atom is -0.341 e. The summed E-state index contributed by atoms with van der Waals surface area (Å²) in [7, 11) is 0. The summed E-state index contributed by atoms with van der Waals surface area (Å²) in [6.45, 7) is 3.67. The van der Waals surface area contributed by atoms with E-state index in [0.29, 0.717) is 11.4 Å². The third kappa shape index (κ3) is 3.10. The van der Waals surface area contributed by atoms with E-state index >= 15 is 0 Å². The van der Waals surface area contributed by atoms with Gasteiger partial charge in [-0.25, -0.2) is 14.4 Å². The highest BCUT2D eigenvalue weighted by Gasteiger charge is 2.21. The Balaban J connectivity index is 1.44. The van der Waals surface area contributed by atoms with Crippen molar-refractivity contribution in [3.05, 3.63) is 42.5 Å². The molecule has 1 fully saturated rings. The highest BCUT2D eigenvalue weighted by atomic mass is 19.1. The van der Waals surface area contributed by atoms with Crippen LogP contribution >= 0.6 is 0 Å². The van der Waals surface area contributed by atoms with Gasteiger partial charge in [-0.3, -0.25) is 9.58 Å². The number of para-hydroxylation sites is 1. The zero-order valence-corrected chi connectivity index (χ0v) is 12.8. The first-order valence-corrected chi connectivity index (χ1v) is 7.96. The van der Waals surface area contributed by atoms with Gasteiger partial charge in [0, 0.05) is 13.1 Å². The Bertz CT molecular complexity index is 781. The summed E-state index contributed by atoms with van der Waals surface area (Å²) in [6.07, 6.45) is 5.70. The number of benzene rings is 1. The van der Waals surface area contributed by atoms with Crippen molar-refractivity contribution in [2.75, 3.05) is 13.1 Å². The molecule has 0 amide bonds. The molecule has 1 aliphatic heterocycles. The number of H-pyrrole nitrogens is 1. The topological polar surface area (TPSA) is 62.6 Å². The van der Waals surface area contributed by atoms with Crippen molar-refractivity contribution in [3.8, 4) is 0 Å². The lowest BCUT2D eigenvalue weighted by Gasteiger charge is -2.31. The number of aromatic amines is 1. The van der Waals surface area contributed by atoms with E-state index < -0.39 is 0 Å². The summed E-state index contributed by atoms with van der Waals surface area (Å²) in [6, 6.07) is 5.01. The lowest BCUT2D eigenvalue weighted by molar-refractivity contribution is 0.150. The second-order valence-corrected chi connectivity index (χ2v) is 6.18. The maximum atomic E-state index is 13.7. The van der Waals surface area contributed by atoms with E-state index in [1.165, 1.54) is 12.5 Å². The number of nitrogens with zero attached hydrogens (tertiary/aromatic N) is 5. The normalized spacial score (nSPS) is 19.4. The molecular formula is C16H19FN6. The number of fused-ring (bicyclic) bond motifs is 1. The van der Waals surface area contributed by atoms with Crippen molar-refractivity contribution in [2.24, 2.45) is 5.92 Å². The van der Waals surface area contributed by atoms with Crippen LogP contribution in [-0.4, -0.2) is 42.7 Å². The van der Waals surface area contributed by atoms with Crippen LogP contribution < -0.4 is 0 Å². The van der Waals surface area contributed by atoms with Gasteiger partial charge in [-0.15, -0.1) is 0 Å². The molecule has 1 aliphatic rings. The quantitative estimate of drug-likeness (QED) is 0.802. The van der Waals surface area contributed by atoms with E-state index in [1.54, 1.807) is 18.7 Å². The number of hydrogen-bond donors (Lipinski definition) is 1. The second kappa shape index (κ2) is 6.08. The van der Waals surface area contributed by atoms with Crippen LogP contribution in [0.25, 0.3) is 11.0 Å². The molecule has 1 atom stereocenters. The average molecular weight is 314 g/mol. The maximum Gasteiger partial charge on any atom is 0.151 e. The van der Waals surface area contributed by atoms with E-state index in [0.717, 1.165) is 43.9 Å². The van der Waals surface area contributed by atoms with Crippen LogP contribution in [0.1, 0.15) is 18.7 Å². The number of nitrogens with one attached hydrogen (secondary N) is 1. The lowest BCUT2D eigenvalue weighted by atomic mass is 9.98. The summed E-state index contributed by atoms with van der Waals surface area (Å²) in [4.78, 5) is 14.0. The van der Waals surface area contributed by atoms with Gasteiger partial charge in [-0.2, -0.15) is 5.10 Å². The molecule has 0 bridgehead atoms. The number of imidazole rings is 1. The highest BCUT2D eigenvalue weighted by molar-refractivity contribution is 5.75. The minimum atomic E-state index is -0.271. The van der Waals surface area contributed by atoms with Gasteiger partial charge in [0.05, 0.1) is 12.1 Å². The number of piperidine rings is 1. The molecular weight excluding hydrogens is 295 g/mol. The first-order chi connectivity index (χ1) is 11.3. The fourth-order valence-corrected chi connectivity index (χ4v) is 3.37. The number of hydrogen-bond acceptors (Lipinski definition) is 4. The summed E-state index contributed by atoms with van der Waals surface area (Å²) in [5.74, 6) is 1.12. The Kier molecular flexibility index (Phi) is 3.78. The first kappa shape index (κ1) is 14.3. The summed E-state index contributed by atoms with van der Waals surface area (Å²) in [5, 5.41) is 4.18. The summed E-state index contributed by atoms with van der Waals surface area (Å²) < 4.78 is 15.6. The van der Waals surface area contributed by atoms with Gasteiger partial charge in [-0.1, -0.05) is 6.07 Å². The van der Waals surface area contributed by atoms with Crippen LogP contribution in [0.3, 0.4) is 0 Å². The molecule has 1 aromatic carbocycles. The fourth-order valence-electron chi connectivity index (χ4n) is 3.37. The zero-order chi connectivity index (χ0) is 15.6. The van der Waals surface area contributed by atoms with E-state index in [1.807, 2.05) is 10.7 Å². The SMILES string of the molecule is Fc1cccc2[nH]c(CN3CCCC(Cn4cncn4)C3)nc12. The summed E-state index contributed by atoms with van der Waals surface area (Å²) >= 11 is 0. The molecule has 23 heavy (non-hydrogen) atoms. The van der Waals surface area contributed by atoms with Gasteiger partial charge >= 0.3 is 0 Å². The number of halogens is 1. The van der Waals surface area contributed by atoms with Gasteiger partial charge in [0.25, 0.3) is 0 Å². The van der Waals surface area contributed by atoms with Gasteiger partial charge in [0.1, 0.15) is 24.0 Å². The fraction of sp³-hybridized carbons (Fsp3) is 0.438. The lowest BCUT2D eigenvalue weighted by Crippen LogP contribution is -2.36. The van der Waals surface area contributed by atoms with Crippen molar-refractivity contribution in [2.45, 2.75) is 25.9 Å². The van der Waals surface area contributed by atoms with Crippen molar-refractivity contribution in [1.29, 1.82) is 0 Å². The third-order valence-electron chi connectivity index (χ3n) is 4.40. The number of likely N-dealkylation sites (tertiary alicyclic amines) is 1. The van der Waals surface area contributed by atoms with E-state index in [2.05, 4.69) is 25.0 Å². The van der Waals surface area contributed by atoms with Crippen molar-refractivity contribution in [3.63, 3.8) is 0 Å². The Morgan fingerprint density at radius 3 is 3.13 bits per heavy atom. The van der Waals surface area contributed by atoms with Gasteiger partial charge in [0.15, 0.2) is 5.82 Å². The number of aromatic nitrogens is 5. The first-order valence-electron chi connectivity index (χ1n) is 7.96. The van der Waals surface area contributed by atoms with E-state index in [4.69, 9.17) is 0 Å². The molecule has 0 saturated carbocycles. The molecule has 1 saturated heterocycles. The van der Waals surface area contributed by atoms with Gasteiger partial charge < -0.3 is 4.98 Å². The molecule has 7 heteroatoms. The minimum absolute atomic E-state index is 0.271. The largest absolute Gasteiger partial charge is 0.341 e. The van der Waals surface area contributed by atoms with Crippen LogP contribution in [0.5, 0.6) is 0 Å². The van der Waals surface area contributed by atoms with E-state index in [-0.39, 0.29) is 5.82 Å². The van der Waals surface area contributed by atoms with Crippen molar-refractivity contribution < 1.29 is 4.39 Å². The zero-order valence-electron chi connectivity index (χ0n) is 12.8. The highest BCUT2D eigenvalue weighted by Crippen LogP contribution is 2.21. The molecule has 3 aromatic rings. The second-order valence-electron chi connectivity index (χ2n) is 6.18. The molecule has 2 aromatic heterocycles. The standard InChI is InChI=1S/C16H19FN6/c17-13-4-1-5-14-16(13)21-15(20-14)9-22-6-2-3-12(7-22)8-23-11-18-10-19-23/h1,4-5,10-12H,2-3,6-9H2,(H,20,21). The third-order valence-corrected chi connectivity index (χ3v) is 4.40. The Labute approximate surface area is 133 Å². The molecule has 0 radical (unpaired) electrons. The molecule has 0 spiro atoms. The maximum absolute atomic E-state index is 13.7. The van der Waals surface area contributed by atoms with Crippen molar-refractivity contribution >= 4 is 11.0 Å². The average Bonchev–Trinajstić information content (AvgIpc) is 3.18.